The molecule has 1 heterocycles. The summed E-state index contributed by atoms with van der Waals surface area (Å²) in [5, 5.41) is -0.0863. The van der Waals surface area contributed by atoms with Crippen molar-refractivity contribution in [1.29, 1.82) is 0 Å². The molecule has 6 heteroatoms. The molecule has 0 aromatic heterocycles. The molecule has 39 heavy (non-hydrogen) atoms. The zero-order valence-electron chi connectivity index (χ0n) is 22.5. The maximum atomic E-state index is 14.5. The third-order valence-corrected chi connectivity index (χ3v) is 18.1. The second-order valence-electron chi connectivity index (χ2n) is 10.9. The van der Waals surface area contributed by atoms with Gasteiger partial charge in [0.1, 0.15) is 0 Å². The molecule has 4 nitrogen and oxygen atoms in total. The first-order valence-electron chi connectivity index (χ1n) is 13.2. The molecular formula is C33H33BrNO3P. The van der Waals surface area contributed by atoms with Gasteiger partial charge in [-0.05, 0) is 0 Å². The molecule has 1 saturated heterocycles. The molecule has 0 bridgehead atoms. The van der Waals surface area contributed by atoms with Gasteiger partial charge in [-0.15, -0.1) is 0 Å². The molecule has 1 aliphatic heterocycles. The number of esters is 1. The number of carbonyl (C=O) groups excluding carboxylic acids is 2. The van der Waals surface area contributed by atoms with E-state index in [2.05, 4.69) is 88.3 Å². The van der Waals surface area contributed by atoms with Crippen LogP contribution in [0.4, 0.5) is 5.69 Å². The Balaban J connectivity index is 1.61. The van der Waals surface area contributed by atoms with E-state index in [1.54, 1.807) is 12.1 Å². The zero-order valence-corrected chi connectivity index (χ0v) is 24.9. The van der Waals surface area contributed by atoms with Gasteiger partial charge in [0.15, 0.2) is 0 Å². The molecule has 4 aromatic rings. The summed E-state index contributed by atoms with van der Waals surface area (Å²) in [6.07, 6.45) is 0.689. The topological polar surface area (TPSA) is 46.6 Å². The summed E-state index contributed by atoms with van der Waals surface area (Å²) in [6.45, 7) is 6.13. The third-order valence-electron chi connectivity index (χ3n) is 7.36. The number of ether oxygens (including phenoxy) is 1. The second kappa shape index (κ2) is 10.4. The van der Waals surface area contributed by atoms with Crippen LogP contribution in [-0.4, -0.2) is 29.7 Å². The molecule has 1 atom stereocenters. The number of rotatable bonds is 6. The molecular weight excluding hydrogens is 569 g/mol. The van der Waals surface area contributed by atoms with Crippen LogP contribution in [0.15, 0.2) is 115 Å². The fraction of sp³-hybridized carbons (Fsp3) is 0.212. The first-order valence-corrected chi connectivity index (χ1v) is 17.5. The number of hydrogen-bond acceptors (Lipinski definition) is 3. The van der Waals surface area contributed by atoms with Crippen molar-refractivity contribution in [3.05, 3.63) is 121 Å². The molecule has 1 unspecified atom stereocenters. The summed E-state index contributed by atoms with van der Waals surface area (Å²) in [6, 6.07) is 38.4. The van der Waals surface area contributed by atoms with Gasteiger partial charge in [-0.3, -0.25) is 0 Å². The summed E-state index contributed by atoms with van der Waals surface area (Å²) >= 11 is 4.47. The SMILES string of the molecule is CC(C)(C)OC(=O)c1ccc(N2CCC(P(Br)(c3ccccc3)(c3ccccc3)c3ccccc3)C2=O)cc1. The molecule has 1 fully saturated rings. The van der Waals surface area contributed by atoms with Crippen molar-refractivity contribution in [2.75, 3.05) is 11.4 Å². The van der Waals surface area contributed by atoms with Gasteiger partial charge in [0.25, 0.3) is 0 Å². The van der Waals surface area contributed by atoms with Crippen LogP contribution in [0, 0.1) is 0 Å². The Morgan fingerprint density at radius 2 is 1.21 bits per heavy atom. The quantitative estimate of drug-likeness (QED) is 0.185. The van der Waals surface area contributed by atoms with Crippen molar-refractivity contribution in [2.24, 2.45) is 0 Å². The standard InChI is InChI=1S/C33H33BrNO3P/c1-33(2,3)38-32(37)25-19-21-26(22-20-25)35-24-23-30(31(35)36)39(34,27-13-7-4-8-14-27,28-15-9-5-10-16-28)29-17-11-6-12-18-29/h4-22,30H,23-24H2,1-3H3. The van der Waals surface area contributed by atoms with Gasteiger partial charge >= 0.3 is 239 Å². The van der Waals surface area contributed by atoms with Crippen LogP contribution in [0.25, 0.3) is 0 Å². The monoisotopic (exact) mass is 601 g/mol. The van der Waals surface area contributed by atoms with Crippen molar-refractivity contribution in [3.8, 4) is 0 Å². The van der Waals surface area contributed by atoms with Gasteiger partial charge in [-0.1, -0.05) is 0 Å². The Morgan fingerprint density at radius 1 is 0.769 bits per heavy atom. The normalized spacial score (nSPS) is 16.9. The maximum absolute atomic E-state index is 14.5. The van der Waals surface area contributed by atoms with Crippen LogP contribution in [0.2, 0.25) is 0 Å². The average molecular weight is 603 g/mol. The minimum atomic E-state index is -3.47. The van der Waals surface area contributed by atoms with Gasteiger partial charge in [0, 0.05) is 0 Å². The van der Waals surface area contributed by atoms with E-state index in [9.17, 15) is 9.59 Å². The number of anilines is 1. The van der Waals surface area contributed by atoms with Crippen LogP contribution in [0.3, 0.4) is 0 Å². The predicted octanol–water partition coefficient (Wildman–Crippen LogP) is 6.59. The number of nitrogens with zero attached hydrogens (tertiary/aromatic N) is 1. The first kappa shape index (κ1) is 27.3. The van der Waals surface area contributed by atoms with Crippen molar-refractivity contribution in [1.82, 2.24) is 0 Å². The van der Waals surface area contributed by atoms with Gasteiger partial charge in [0.2, 0.25) is 0 Å². The summed E-state index contributed by atoms with van der Waals surface area (Å²) < 4.78 is 5.51. The van der Waals surface area contributed by atoms with Gasteiger partial charge in [0.05, 0.1) is 0 Å². The van der Waals surface area contributed by atoms with Crippen molar-refractivity contribution >= 4 is 54.3 Å². The minimum absolute atomic E-state index is 0.0751. The molecule has 1 aliphatic rings. The number of hydrogen-bond donors (Lipinski definition) is 0. The molecule has 0 saturated carbocycles. The van der Waals surface area contributed by atoms with Crippen LogP contribution < -0.4 is 20.8 Å². The Kier molecular flexibility index (Phi) is 7.26. The van der Waals surface area contributed by atoms with Crippen molar-refractivity contribution < 1.29 is 14.3 Å². The van der Waals surface area contributed by atoms with Crippen LogP contribution in [0.1, 0.15) is 37.6 Å². The fourth-order valence-corrected chi connectivity index (χ4v) is 14.3. The van der Waals surface area contributed by atoms with Crippen LogP contribution in [-0.2, 0) is 9.53 Å². The Bertz CT molecular complexity index is 1370. The average Bonchev–Trinajstić information content (AvgIpc) is 3.35. The molecule has 5 rings (SSSR count). The van der Waals surface area contributed by atoms with Crippen LogP contribution in [0.5, 0.6) is 0 Å². The molecule has 0 aliphatic carbocycles. The molecule has 0 N–H and O–H groups in total. The van der Waals surface area contributed by atoms with Gasteiger partial charge in [-0.2, -0.15) is 0 Å². The Labute approximate surface area is 238 Å². The summed E-state index contributed by atoms with van der Waals surface area (Å²) in [5.41, 5.74) is 0.364. The Hall–Kier alpha value is -3.27. The van der Waals surface area contributed by atoms with E-state index >= 15 is 0 Å². The fourth-order valence-electron chi connectivity index (χ4n) is 5.63. The number of benzene rings is 4. The zero-order chi connectivity index (χ0) is 27.7. The summed E-state index contributed by atoms with van der Waals surface area (Å²) in [5.74, 6) is -0.298. The molecule has 1 amide bonds. The van der Waals surface area contributed by atoms with E-state index in [1.807, 2.05) is 56.0 Å². The molecule has 4 aromatic carbocycles. The summed E-state index contributed by atoms with van der Waals surface area (Å²) in [7, 11) is 0. The second-order valence-corrected chi connectivity index (χ2v) is 19.7. The van der Waals surface area contributed by atoms with E-state index in [4.69, 9.17) is 4.74 Å². The predicted molar refractivity (Wildman–Crippen MR) is 166 cm³/mol. The molecule has 0 spiro atoms. The van der Waals surface area contributed by atoms with E-state index in [0.717, 1.165) is 21.6 Å². The van der Waals surface area contributed by atoms with E-state index in [1.165, 1.54) is 0 Å². The summed E-state index contributed by atoms with van der Waals surface area (Å²) in [4.78, 5) is 28.9. The van der Waals surface area contributed by atoms with Gasteiger partial charge < -0.3 is 0 Å². The van der Waals surface area contributed by atoms with Gasteiger partial charge in [-0.25, -0.2) is 0 Å². The Morgan fingerprint density at radius 3 is 1.62 bits per heavy atom. The number of carbonyl (C=O) groups is 2. The van der Waals surface area contributed by atoms with Crippen molar-refractivity contribution in [2.45, 2.75) is 38.5 Å². The van der Waals surface area contributed by atoms with E-state index < -0.39 is 10.9 Å². The third kappa shape index (κ3) is 4.73. The first-order chi connectivity index (χ1) is 18.6. The molecule has 0 radical (unpaired) electrons. The number of amides is 1. The van der Waals surface area contributed by atoms with E-state index in [-0.39, 0.29) is 17.5 Å². The van der Waals surface area contributed by atoms with Crippen molar-refractivity contribution in [3.63, 3.8) is 0 Å². The number of halogens is 1. The van der Waals surface area contributed by atoms with E-state index in [0.29, 0.717) is 18.5 Å². The molecule has 200 valence electrons. The van der Waals surface area contributed by atoms with Crippen LogP contribution >= 0.6 is 20.8 Å².